The SMILES string of the molecule is CC1CN(C(C)(C)C)CCC1C(=O)O. The molecule has 0 aromatic heterocycles. The molecular formula is C11H21NO2. The largest absolute Gasteiger partial charge is 0.481 e. The van der Waals surface area contributed by atoms with Gasteiger partial charge in [0.25, 0.3) is 0 Å². The molecule has 1 aliphatic heterocycles. The molecule has 82 valence electrons. The summed E-state index contributed by atoms with van der Waals surface area (Å²) in [6.07, 6.45) is 0.785. The van der Waals surface area contributed by atoms with Gasteiger partial charge in [-0.15, -0.1) is 0 Å². The molecule has 1 fully saturated rings. The molecule has 2 atom stereocenters. The van der Waals surface area contributed by atoms with Crippen LogP contribution in [0.25, 0.3) is 0 Å². The highest BCUT2D eigenvalue weighted by Crippen LogP contribution is 2.27. The van der Waals surface area contributed by atoms with Gasteiger partial charge in [-0.3, -0.25) is 9.69 Å². The molecule has 3 nitrogen and oxygen atoms in total. The number of piperidine rings is 1. The van der Waals surface area contributed by atoms with Crippen LogP contribution in [0, 0.1) is 11.8 Å². The van der Waals surface area contributed by atoms with E-state index in [1.54, 1.807) is 0 Å². The lowest BCUT2D eigenvalue weighted by Gasteiger charge is -2.42. The van der Waals surface area contributed by atoms with Crippen LogP contribution in [-0.4, -0.2) is 34.6 Å². The van der Waals surface area contributed by atoms with Crippen molar-refractivity contribution in [1.29, 1.82) is 0 Å². The van der Waals surface area contributed by atoms with Crippen molar-refractivity contribution in [3.8, 4) is 0 Å². The van der Waals surface area contributed by atoms with Gasteiger partial charge in [0, 0.05) is 12.1 Å². The van der Waals surface area contributed by atoms with Crippen molar-refractivity contribution in [3.63, 3.8) is 0 Å². The van der Waals surface area contributed by atoms with E-state index in [1.807, 2.05) is 6.92 Å². The lowest BCUT2D eigenvalue weighted by atomic mass is 9.85. The zero-order valence-electron chi connectivity index (χ0n) is 9.58. The maximum atomic E-state index is 10.9. The van der Waals surface area contributed by atoms with Crippen molar-refractivity contribution in [1.82, 2.24) is 4.90 Å². The summed E-state index contributed by atoms with van der Waals surface area (Å²) in [6, 6.07) is 0. The second-order valence-corrected chi connectivity index (χ2v) is 5.33. The number of rotatable bonds is 1. The number of carboxylic acids is 1. The van der Waals surface area contributed by atoms with Crippen molar-refractivity contribution < 1.29 is 9.90 Å². The molecular weight excluding hydrogens is 178 g/mol. The first-order valence-corrected chi connectivity index (χ1v) is 5.30. The summed E-state index contributed by atoms with van der Waals surface area (Å²) in [4.78, 5) is 13.3. The fourth-order valence-corrected chi connectivity index (χ4v) is 2.12. The number of hydrogen-bond acceptors (Lipinski definition) is 2. The summed E-state index contributed by atoms with van der Waals surface area (Å²) >= 11 is 0. The second kappa shape index (κ2) is 3.89. The van der Waals surface area contributed by atoms with Crippen molar-refractivity contribution in [2.45, 2.75) is 39.7 Å². The second-order valence-electron chi connectivity index (χ2n) is 5.33. The maximum Gasteiger partial charge on any atom is 0.306 e. The van der Waals surface area contributed by atoms with E-state index in [0.717, 1.165) is 19.5 Å². The van der Waals surface area contributed by atoms with E-state index < -0.39 is 5.97 Å². The molecule has 2 unspecified atom stereocenters. The molecule has 0 saturated carbocycles. The predicted molar refractivity (Wildman–Crippen MR) is 56.2 cm³/mol. The third-order valence-electron chi connectivity index (χ3n) is 3.17. The zero-order valence-corrected chi connectivity index (χ0v) is 9.58. The standard InChI is InChI=1S/C11H21NO2/c1-8-7-12(11(2,3)4)6-5-9(8)10(13)14/h8-9H,5-7H2,1-4H3,(H,13,14). The van der Waals surface area contributed by atoms with Gasteiger partial charge in [0.15, 0.2) is 0 Å². The van der Waals surface area contributed by atoms with Crippen LogP contribution < -0.4 is 0 Å². The third kappa shape index (κ3) is 2.47. The summed E-state index contributed by atoms with van der Waals surface area (Å²) in [5.74, 6) is -0.514. The van der Waals surface area contributed by atoms with Crippen molar-refractivity contribution in [2.75, 3.05) is 13.1 Å². The minimum atomic E-state index is -0.633. The van der Waals surface area contributed by atoms with E-state index in [-0.39, 0.29) is 17.4 Å². The van der Waals surface area contributed by atoms with Crippen LogP contribution in [-0.2, 0) is 4.79 Å². The van der Waals surface area contributed by atoms with Crippen LogP contribution in [0.1, 0.15) is 34.1 Å². The first-order chi connectivity index (χ1) is 6.32. The van der Waals surface area contributed by atoms with Gasteiger partial charge in [0.05, 0.1) is 5.92 Å². The van der Waals surface area contributed by atoms with Gasteiger partial charge in [-0.2, -0.15) is 0 Å². The van der Waals surface area contributed by atoms with E-state index in [0.29, 0.717) is 0 Å². The molecule has 1 rings (SSSR count). The maximum absolute atomic E-state index is 10.9. The summed E-state index contributed by atoms with van der Waals surface area (Å²) in [5, 5.41) is 8.98. The van der Waals surface area contributed by atoms with E-state index >= 15 is 0 Å². The number of likely N-dealkylation sites (tertiary alicyclic amines) is 1. The quantitative estimate of drug-likeness (QED) is 0.700. The molecule has 0 radical (unpaired) electrons. The zero-order chi connectivity index (χ0) is 10.9. The number of aliphatic carboxylic acids is 1. The molecule has 0 aliphatic carbocycles. The Morgan fingerprint density at radius 1 is 1.43 bits per heavy atom. The molecule has 3 heteroatoms. The average Bonchev–Trinajstić information content (AvgIpc) is 2.01. The summed E-state index contributed by atoms with van der Waals surface area (Å²) in [6.45, 7) is 10.4. The lowest BCUT2D eigenvalue weighted by molar-refractivity contribution is -0.146. The van der Waals surface area contributed by atoms with E-state index in [9.17, 15) is 4.79 Å². The number of hydrogen-bond donors (Lipinski definition) is 1. The van der Waals surface area contributed by atoms with Gasteiger partial charge in [-0.25, -0.2) is 0 Å². The van der Waals surface area contributed by atoms with Crippen molar-refractivity contribution in [2.24, 2.45) is 11.8 Å². The van der Waals surface area contributed by atoms with E-state index in [4.69, 9.17) is 5.11 Å². The molecule has 0 aromatic rings. The minimum Gasteiger partial charge on any atom is -0.481 e. The Morgan fingerprint density at radius 2 is 2.00 bits per heavy atom. The van der Waals surface area contributed by atoms with Crippen LogP contribution in [0.4, 0.5) is 0 Å². The fourth-order valence-electron chi connectivity index (χ4n) is 2.12. The number of carboxylic acid groups (broad SMARTS) is 1. The minimum absolute atomic E-state index is 0.145. The monoisotopic (exact) mass is 199 g/mol. The molecule has 0 spiro atoms. The highest BCUT2D eigenvalue weighted by atomic mass is 16.4. The van der Waals surface area contributed by atoms with Gasteiger partial charge >= 0.3 is 5.97 Å². The van der Waals surface area contributed by atoms with Crippen LogP contribution in [0.3, 0.4) is 0 Å². The Kier molecular flexibility index (Phi) is 3.20. The molecule has 14 heavy (non-hydrogen) atoms. The Morgan fingerprint density at radius 3 is 2.36 bits per heavy atom. The average molecular weight is 199 g/mol. The lowest BCUT2D eigenvalue weighted by Crippen LogP contribution is -2.50. The highest BCUT2D eigenvalue weighted by molar-refractivity contribution is 5.70. The van der Waals surface area contributed by atoms with Gasteiger partial charge in [0.2, 0.25) is 0 Å². The molecule has 1 heterocycles. The smallest absolute Gasteiger partial charge is 0.306 e. The molecule has 0 amide bonds. The summed E-state index contributed by atoms with van der Waals surface area (Å²) in [7, 11) is 0. The van der Waals surface area contributed by atoms with E-state index in [2.05, 4.69) is 25.7 Å². The van der Waals surface area contributed by atoms with Gasteiger partial charge in [-0.1, -0.05) is 6.92 Å². The van der Waals surface area contributed by atoms with Crippen molar-refractivity contribution in [3.05, 3.63) is 0 Å². The number of nitrogens with zero attached hydrogens (tertiary/aromatic N) is 1. The van der Waals surface area contributed by atoms with Crippen LogP contribution in [0.5, 0.6) is 0 Å². The predicted octanol–water partition coefficient (Wildman–Crippen LogP) is 1.83. The highest BCUT2D eigenvalue weighted by Gasteiger charge is 2.34. The molecule has 0 aromatic carbocycles. The first kappa shape index (κ1) is 11.5. The summed E-state index contributed by atoms with van der Waals surface area (Å²) < 4.78 is 0. The van der Waals surface area contributed by atoms with Gasteiger partial charge in [-0.05, 0) is 39.7 Å². The Labute approximate surface area is 86.1 Å². The topological polar surface area (TPSA) is 40.5 Å². The van der Waals surface area contributed by atoms with Gasteiger partial charge in [0.1, 0.15) is 0 Å². The third-order valence-corrected chi connectivity index (χ3v) is 3.17. The van der Waals surface area contributed by atoms with Crippen LogP contribution in [0.2, 0.25) is 0 Å². The fraction of sp³-hybridized carbons (Fsp3) is 0.909. The Balaban J connectivity index is 2.60. The van der Waals surface area contributed by atoms with Crippen LogP contribution >= 0.6 is 0 Å². The molecule has 1 N–H and O–H groups in total. The molecule has 1 saturated heterocycles. The van der Waals surface area contributed by atoms with Crippen LogP contribution in [0.15, 0.2) is 0 Å². The van der Waals surface area contributed by atoms with Gasteiger partial charge < -0.3 is 5.11 Å². The molecule has 1 aliphatic rings. The van der Waals surface area contributed by atoms with Crippen molar-refractivity contribution >= 4 is 5.97 Å². The summed E-state index contributed by atoms with van der Waals surface area (Å²) in [5.41, 5.74) is 0.164. The first-order valence-electron chi connectivity index (χ1n) is 5.30. The number of carbonyl (C=O) groups is 1. The molecule has 0 bridgehead atoms. The normalized spacial score (nSPS) is 30.3. The Hall–Kier alpha value is -0.570. The van der Waals surface area contributed by atoms with E-state index in [1.165, 1.54) is 0 Å². The Bertz CT molecular complexity index is 220.